The van der Waals surface area contributed by atoms with Gasteiger partial charge in [-0.15, -0.1) is 0 Å². The summed E-state index contributed by atoms with van der Waals surface area (Å²) in [6.45, 7) is 3.39. The van der Waals surface area contributed by atoms with Gasteiger partial charge in [0.05, 0.1) is 0 Å². The molecule has 1 spiro atoms. The minimum atomic E-state index is 0.290. The van der Waals surface area contributed by atoms with Crippen LogP contribution in [0.4, 0.5) is 0 Å². The highest BCUT2D eigenvalue weighted by Gasteiger charge is 2.38. The van der Waals surface area contributed by atoms with Crippen LogP contribution in [-0.2, 0) is 4.79 Å². The predicted octanol–water partition coefficient (Wildman–Crippen LogP) is 3.38. The molecule has 2 aliphatic carbocycles. The fourth-order valence-electron chi connectivity index (χ4n) is 4.73. The molecule has 0 bridgehead atoms. The van der Waals surface area contributed by atoms with Crippen molar-refractivity contribution in [2.24, 2.45) is 11.8 Å². The molecule has 1 unspecified atom stereocenters. The molecule has 1 heterocycles. The molecular formula is C18H32N2O. The first-order valence-corrected chi connectivity index (χ1v) is 9.22. The minimum absolute atomic E-state index is 0.290. The van der Waals surface area contributed by atoms with E-state index in [1.807, 2.05) is 0 Å². The van der Waals surface area contributed by atoms with E-state index in [1.165, 1.54) is 44.9 Å². The van der Waals surface area contributed by atoms with Gasteiger partial charge in [0.15, 0.2) is 0 Å². The van der Waals surface area contributed by atoms with E-state index in [4.69, 9.17) is 0 Å². The average Bonchev–Trinajstić information content (AvgIpc) is 2.49. The smallest absolute Gasteiger partial charge is 0.223 e. The van der Waals surface area contributed by atoms with Gasteiger partial charge in [-0.2, -0.15) is 0 Å². The standard InChI is InChI=1S/C18H32N2O/c1-14-5-7-15(8-6-14)17(21)20-16-9-12-19-18(13-16)10-3-2-4-11-18/h14-16,19H,2-13H2,1H3,(H,20,21). The van der Waals surface area contributed by atoms with Gasteiger partial charge in [-0.1, -0.05) is 26.2 Å². The molecule has 3 fully saturated rings. The van der Waals surface area contributed by atoms with Crippen LogP contribution in [0, 0.1) is 11.8 Å². The number of carbonyl (C=O) groups is 1. The lowest BCUT2D eigenvalue weighted by Gasteiger charge is -2.45. The van der Waals surface area contributed by atoms with Crippen LogP contribution in [0.15, 0.2) is 0 Å². The van der Waals surface area contributed by atoms with Crippen molar-refractivity contribution in [2.45, 2.75) is 89.1 Å². The van der Waals surface area contributed by atoms with Gasteiger partial charge in [0, 0.05) is 17.5 Å². The quantitative estimate of drug-likeness (QED) is 0.819. The van der Waals surface area contributed by atoms with E-state index < -0.39 is 0 Å². The summed E-state index contributed by atoms with van der Waals surface area (Å²) in [6, 6.07) is 0.413. The molecule has 0 aromatic carbocycles. The number of piperidine rings is 1. The van der Waals surface area contributed by atoms with Gasteiger partial charge in [0.25, 0.3) is 0 Å². The molecule has 120 valence electrons. The normalized spacial score (nSPS) is 36.3. The van der Waals surface area contributed by atoms with Gasteiger partial charge in [-0.3, -0.25) is 4.79 Å². The Kier molecular flexibility index (Phi) is 4.88. The van der Waals surface area contributed by atoms with Crippen LogP contribution in [0.5, 0.6) is 0 Å². The molecule has 2 saturated carbocycles. The molecule has 21 heavy (non-hydrogen) atoms. The summed E-state index contributed by atoms with van der Waals surface area (Å²) in [6.07, 6.45) is 13.6. The molecule has 2 N–H and O–H groups in total. The number of nitrogens with one attached hydrogen (secondary N) is 2. The Morgan fingerprint density at radius 1 is 1.05 bits per heavy atom. The molecule has 3 rings (SSSR count). The summed E-state index contributed by atoms with van der Waals surface area (Å²) >= 11 is 0. The van der Waals surface area contributed by atoms with Crippen molar-refractivity contribution < 1.29 is 4.79 Å². The zero-order valence-corrected chi connectivity index (χ0v) is 13.6. The third-order valence-electron chi connectivity index (χ3n) is 6.17. The Morgan fingerprint density at radius 3 is 2.48 bits per heavy atom. The SMILES string of the molecule is CC1CCC(C(=O)NC2CCNC3(CCCCC3)C2)CC1. The highest BCUT2D eigenvalue weighted by Crippen LogP contribution is 2.35. The van der Waals surface area contributed by atoms with Crippen LogP contribution >= 0.6 is 0 Å². The molecule has 1 amide bonds. The van der Waals surface area contributed by atoms with Gasteiger partial charge in [0.2, 0.25) is 5.91 Å². The Bertz CT molecular complexity index is 349. The topological polar surface area (TPSA) is 41.1 Å². The van der Waals surface area contributed by atoms with Gasteiger partial charge in [-0.25, -0.2) is 0 Å². The lowest BCUT2D eigenvalue weighted by molar-refractivity contribution is -0.127. The zero-order chi connectivity index (χ0) is 14.7. The Morgan fingerprint density at radius 2 is 1.76 bits per heavy atom. The number of amides is 1. The summed E-state index contributed by atoms with van der Waals surface area (Å²) in [5.74, 6) is 1.46. The second-order valence-electron chi connectivity index (χ2n) is 7.92. The largest absolute Gasteiger partial charge is 0.353 e. The second-order valence-corrected chi connectivity index (χ2v) is 7.92. The van der Waals surface area contributed by atoms with Gasteiger partial charge in [-0.05, 0) is 63.8 Å². The maximum Gasteiger partial charge on any atom is 0.223 e. The van der Waals surface area contributed by atoms with Crippen molar-refractivity contribution in [3.05, 3.63) is 0 Å². The van der Waals surface area contributed by atoms with Crippen LogP contribution in [0.25, 0.3) is 0 Å². The number of hydrogen-bond donors (Lipinski definition) is 2. The Balaban J connectivity index is 1.51. The van der Waals surface area contributed by atoms with Gasteiger partial charge < -0.3 is 10.6 Å². The average molecular weight is 292 g/mol. The molecule has 0 radical (unpaired) electrons. The number of carbonyl (C=O) groups excluding carboxylic acids is 1. The van der Waals surface area contributed by atoms with Crippen molar-refractivity contribution >= 4 is 5.91 Å². The van der Waals surface area contributed by atoms with Crippen LogP contribution in [0.2, 0.25) is 0 Å². The molecule has 3 heteroatoms. The van der Waals surface area contributed by atoms with Gasteiger partial charge in [0.1, 0.15) is 0 Å². The third-order valence-corrected chi connectivity index (χ3v) is 6.17. The molecule has 3 aliphatic rings. The van der Waals surface area contributed by atoms with E-state index >= 15 is 0 Å². The first-order chi connectivity index (χ1) is 10.2. The van der Waals surface area contributed by atoms with Crippen LogP contribution in [0.1, 0.15) is 77.6 Å². The van der Waals surface area contributed by atoms with Crippen molar-refractivity contribution in [1.82, 2.24) is 10.6 Å². The summed E-state index contributed by atoms with van der Waals surface area (Å²) in [5, 5.41) is 7.17. The van der Waals surface area contributed by atoms with E-state index in [-0.39, 0.29) is 0 Å². The predicted molar refractivity (Wildman–Crippen MR) is 86.1 cm³/mol. The van der Waals surface area contributed by atoms with E-state index in [1.54, 1.807) is 0 Å². The van der Waals surface area contributed by atoms with E-state index in [0.29, 0.717) is 23.4 Å². The first-order valence-electron chi connectivity index (χ1n) is 9.22. The van der Waals surface area contributed by atoms with Crippen LogP contribution < -0.4 is 10.6 Å². The lowest BCUT2D eigenvalue weighted by Crippen LogP contribution is -2.57. The summed E-state index contributed by atoms with van der Waals surface area (Å²) in [7, 11) is 0. The second kappa shape index (κ2) is 6.68. The van der Waals surface area contributed by atoms with E-state index in [2.05, 4.69) is 17.6 Å². The minimum Gasteiger partial charge on any atom is -0.353 e. The first kappa shape index (κ1) is 15.3. The Labute approximate surface area is 129 Å². The molecule has 0 aromatic heterocycles. The molecule has 1 atom stereocenters. The monoisotopic (exact) mass is 292 g/mol. The maximum absolute atomic E-state index is 12.5. The van der Waals surface area contributed by atoms with Crippen molar-refractivity contribution in [3.63, 3.8) is 0 Å². The van der Waals surface area contributed by atoms with Crippen LogP contribution in [-0.4, -0.2) is 24.0 Å². The third kappa shape index (κ3) is 3.80. The molecule has 1 aliphatic heterocycles. The lowest BCUT2D eigenvalue weighted by atomic mass is 9.74. The molecular weight excluding hydrogens is 260 g/mol. The fraction of sp³-hybridized carbons (Fsp3) is 0.944. The molecule has 1 saturated heterocycles. The fourth-order valence-corrected chi connectivity index (χ4v) is 4.73. The van der Waals surface area contributed by atoms with Crippen LogP contribution in [0.3, 0.4) is 0 Å². The zero-order valence-electron chi connectivity index (χ0n) is 13.6. The highest BCUT2D eigenvalue weighted by molar-refractivity contribution is 5.79. The van der Waals surface area contributed by atoms with E-state index in [9.17, 15) is 4.79 Å². The summed E-state index contributed by atoms with van der Waals surface area (Å²) in [5.41, 5.74) is 0.343. The van der Waals surface area contributed by atoms with Crippen molar-refractivity contribution in [3.8, 4) is 0 Å². The summed E-state index contributed by atoms with van der Waals surface area (Å²) in [4.78, 5) is 12.5. The summed E-state index contributed by atoms with van der Waals surface area (Å²) < 4.78 is 0. The van der Waals surface area contributed by atoms with E-state index in [0.717, 1.165) is 38.1 Å². The molecule has 3 nitrogen and oxygen atoms in total. The Hall–Kier alpha value is -0.570. The number of hydrogen-bond acceptors (Lipinski definition) is 2. The van der Waals surface area contributed by atoms with Gasteiger partial charge >= 0.3 is 0 Å². The van der Waals surface area contributed by atoms with Crippen molar-refractivity contribution in [1.29, 1.82) is 0 Å². The number of rotatable bonds is 2. The van der Waals surface area contributed by atoms with Crippen molar-refractivity contribution in [2.75, 3.05) is 6.54 Å². The highest BCUT2D eigenvalue weighted by atomic mass is 16.1. The maximum atomic E-state index is 12.5. The molecule has 0 aromatic rings.